The maximum Gasteiger partial charge on any atom is 0.264 e. The van der Waals surface area contributed by atoms with Gasteiger partial charge in [0, 0.05) is 17.6 Å². The van der Waals surface area contributed by atoms with Crippen molar-refractivity contribution < 1.29 is 4.79 Å². The van der Waals surface area contributed by atoms with E-state index in [1.165, 1.54) is 11.8 Å². The molecule has 0 bridgehead atoms. The van der Waals surface area contributed by atoms with Crippen LogP contribution in [0.1, 0.15) is 16.8 Å². The van der Waals surface area contributed by atoms with Gasteiger partial charge in [-0.05, 0) is 67.1 Å². The second kappa shape index (κ2) is 7.29. The van der Waals surface area contributed by atoms with Crippen molar-refractivity contribution in [1.29, 1.82) is 0 Å². The number of aryl methyl sites for hydroxylation is 1. The molecule has 4 nitrogen and oxygen atoms in total. The normalized spacial score (nSPS) is 16.9. The molecule has 4 rings (SSSR count). The van der Waals surface area contributed by atoms with Gasteiger partial charge in [-0.1, -0.05) is 36.4 Å². The first kappa shape index (κ1) is 17.4. The van der Waals surface area contributed by atoms with Crippen LogP contribution in [0.15, 0.2) is 76.8 Å². The zero-order valence-corrected chi connectivity index (χ0v) is 16.0. The number of nitrogens with one attached hydrogen (secondary N) is 1. The van der Waals surface area contributed by atoms with Crippen molar-refractivity contribution in [3.05, 3.63) is 88.6 Å². The van der Waals surface area contributed by atoms with E-state index in [4.69, 9.17) is 0 Å². The molecular weight excluding hydrogens is 354 g/mol. The molecule has 0 unspecified atom stereocenters. The van der Waals surface area contributed by atoms with Gasteiger partial charge < -0.3 is 9.88 Å². The van der Waals surface area contributed by atoms with Gasteiger partial charge in [-0.3, -0.25) is 4.79 Å². The molecule has 1 fully saturated rings. The van der Waals surface area contributed by atoms with Crippen molar-refractivity contribution in [2.45, 2.75) is 13.8 Å². The van der Waals surface area contributed by atoms with E-state index < -0.39 is 0 Å². The fourth-order valence-corrected chi connectivity index (χ4v) is 3.91. The molecule has 3 aromatic rings. The van der Waals surface area contributed by atoms with Crippen LogP contribution in [0.4, 0.5) is 5.69 Å². The lowest BCUT2D eigenvalue weighted by molar-refractivity contribution is -0.115. The minimum Gasteiger partial charge on any atom is -0.320 e. The SMILES string of the molecule is Cc1cn(-c2ccccc2)c(C)c1/C=C1\SC(=Nc2ccccc2)NC1=O. The molecule has 5 heteroatoms. The molecule has 134 valence electrons. The summed E-state index contributed by atoms with van der Waals surface area (Å²) in [5.74, 6) is -0.110. The molecule has 2 heterocycles. The molecule has 0 spiro atoms. The highest BCUT2D eigenvalue weighted by Gasteiger charge is 2.24. The van der Waals surface area contributed by atoms with Crippen LogP contribution >= 0.6 is 11.8 Å². The highest BCUT2D eigenvalue weighted by molar-refractivity contribution is 8.18. The van der Waals surface area contributed by atoms with E-state index in [1.54, 1.807) is 0 Å². The first-order valence-electron chi connectivity index (χ1n) is 8.70. The summed E-state index contributed by atoms with van der Waals surface area (Å²) in [6.07, 6.45) is 4.06. The third kappa shape index (κ3) is 3.59. The zero-order chi connectivity index (χ0) is 18.8. The number of aliphatic imine (C=N–C) groups is 1. The van der Waals surface area contributed by atoms with Gasteiger partial charge in [0.1, 0.15) is 0 Å². The van der Waals surface area contributed by atoms with Crippen molar-refractivity contribution in [3.63, 3.8) is 0 Å². The summed E-state index contributed by atoms with van der Waals surface area (Å²) in [4.78, 5) is 17.5. The number of benzene rings is 2. The van der Waals surface area contributed by atoms with E-state index in [9.17, 15) is 4.79 Å². The summed E-state index contributed by atoms with van der Waals surface area (Å²) < 4.78 is 2.15. The minimum absolute atomic E-state index is 0.110. The summed E-state index contributed by atoms with van der Waals surface area (Å²) in [6, 6.07) is 19.8. The van der Waals surface area contributed by atoms with Gasteiger partial charge in [0.25, 0.3) is 5.91 Å². The number of carbonyl (C=O) groups is 1. The summed E-state index contributed by atoms with van der Waals surface area (Å²) in [5.41, 5.74) is 5.23. The maximum atomic E-state index is 12.4. The Kier molecular flexibility index (Phi) is 4.69. The fraction of sp³-hybridized carbons (Fsp3) is 0.0909. The molecular formula is C22H19N3OS. The van der Waals surface area contributed by atoms with Crippen LogP contribution in [0.2, 0.25) is 0 Å². The molecule has 1 aliphatic rings. The van der Waals surface area contributed by atoms with Gasteiger partial charge in [0.15, 0.2) is 5.17 Å². The van der Waals surface area contributed by atoms with Crippen molar-refractivity contribution in [2.75, 3.05) is 0 Å². The molecule has 1 N–H and O–H groups in total. The Bertz CT molecular complexity index is 1050. The number of amidine groups is 1. The minimum atomic E-state index is -0.110. The summed E-state index contributed by atoms with van der Waals surface area (Å²) in [7, 11) is 0. The maximum absolute atomic E-state index is 12.4. The van der Waals surface area contributed by atoms with Crippen molar-refractivity contribution >= 4 is 34.6 Å². The van der Waals surface area contributed by atoms with Crippen LogP contribution in [-0.2, 0) is 4.79 Å². The van der Waals surface area contributed by atoms with E-state index in [0.717, 1.165) is 28.2 Å². The van der Waals surface area contributed by atoms with Gasteiger partial charge in [-0.15, -0.1) is 0 Å². The van der Waals surface area contributed by atoms with E-state index >= 15 is 0 Å². The highest BCUT2D eigenvalue weighted by Crippen LogP contribution is 2.31. The quantitative estimate of drug-likeness (QED) is 0.658. The van der Waals surface area contributed by atoms with E-state index in [0.29, 0.717) is 10.1 Å². The molecule has 1 aromatic heterocycles. The van der Waals surface area contributed by atoms with Gasteiger partial charge in [-0.2, -0.15) is 0 Å². The smallest absolute Gasteiger partial charge is 0.264 e. The lowest BCUT2D eigenvalue weighted by Gasteiger charge is -2.06. The number of para-hydroxylation sites is 2. The number of amides is 1. The van der Waals surface area contributed by atoms with E-state index in [2.05, 4.69) is 47.1 Å². The van der Waals surface area contributed by atoms with Gasteiger partial charge >= 0.3 is 0 Å². The molecule has 0 saturated carbocycles. The molecule has 27 heavy (non-hydrogen) atoms. The molecule has 0 atom stereocenters. The van der Waals surface area contributed by atoms with Gasteiger partial charge in [0.2, 0.25) is 0 Å². The molecule has 2 aromatic carbocycles. The van der Waals surface area contributed by atoms with Crippen LogP contribution in [-0.4, -0.2) is 15.6 Å². The zero-order valence-electron chi connectivity index (χ0n) is 15.1. The van der Waals surface area contributed by atoms with Crippen molar-refractivity contribution in [3.8, 4) is 5.69 Å². The van der Waals surface area contributed by atoms with Crippen LogP contribution in [0.25, 0.3) is 11.8 Å². The first-order chi connectivity index (χ1) is 13.1. The Balaban J connectivity index is 1.65. The number of aromatic nitrogens is 1. The van der Waals surface area contributed by atoms with Crippen molar-refractivity contribution in [1.82, 2.24) is 9.88 Å². The predicted molar refractivity (Wildman–Crippen MR) is 112 cm³/mol. The molecule has 1 amide bonds. The van der Waals surface area contributed by atoms with Crippen molar-refractivity contribution in [2.24, 2.45) is 4.99 Å². The number of thioether (sulfide) groups is 1. The fourth-order valence-electron chi connectivity index (χ4n) is 3.08. The summed E-state index contributed by atoms with van der Waals surface area (Å²) in [5, 5.41) is 3.46. The van der Waals surface area contributed by atoms with E-state index in [-0.39, 0.29) is 5.91 Å². The highest BCUT2D eigenvalue weighted by atomic mass is 32.2. The second-order valence-electron chi connectivity index (χ2n) is 6.33. The third-order valence-electron chi connectivity index (χ3n) is 4.45. The average Bonchev–Trinajstić information content (AvgIpc) is 3.17. The number of nitrogens with zero attached hydrogens (tertiary/aromatic N) is 2. The standard InChI is InChI=1S/C22H19N3OS/c1-15-14-25(18-11-7-4-8-12-18)16(2)19(15)13-20-21(26)24-22(27-20)23-17-9-5-3-6-10-17/h3-14H,1-2H3,(H,23,24,26)/b20-13-. The monoisotopic (exact) mass is 373 g/mol. The van der Waals surface area contributed by atoms with Crippen LogP contribution in [0.3, 0.4) is 0 Å². The molecule has 0 radical (unpaired) electrons. The topological polar surface area (TPSA) is 46.4 Å². The summed E-state index contributed by atoms with van der Waals surface area (Å²) in [6.45, 7) is 4.14. The molecule has 1 aliphatic heterocycles. The Morgan fingerprint density at radius 2 is 1.67 bits per heavy atom. The number of hydrogen-bond acceptors (Lipinski definition) is 3. The summed E-state index contributed by atoms with van der Waals surface area (Å²) >= 11 is 1.37. The third-order valence-corrected chi connectivity index (χ3v) is 5.36. The Morgan fingerprint density at radius 1 is 1.00 bits per heavy atom. The molecule has 1 saturated heterocycles. The Hall–Kier alpha value is -3.05. The van der Waals surface area contributed by atoms with Crippen LogP contribution in [0, 0.1) is 13.8 Å². The Labute approximate surface area is 162 Å². The predicted octanol–water partition coefficient (Wildman–Crippen LogP) is 4.99. The van der Waals surface area contributed by atoms with Crippen LogP contribution in [0.5, 0.6) is 0 Å². The van der Waals surface area contributed by atoms with Crippen LogP contribution < -0.4 is 5.32 Å². The molecule has 0 aliphatic carbocycles. The number of rotatable bonds is 3. The Morgan fingerprint density at radius 3 is 2.37 bits per heavy atom. The lowest BCUT2D eigenvalue weighted by atomic mass is 10.1. The second-order valence-corrected chi connectivity index (χ2v) is 7.36. The average molecular weight is 373 g/mol. The lowest BCUT2D eigenvalue weighted by Crippen LogP contribution is -2.19. The van der Waals surface area contributed by atoms with Gasteiger partial charge in [0.05, 0.1) is 10.6 Å². The van der Waals surface area contributed by atoms with Gasteiger partial charge in [-0.25, -0.2) is 4.99 Å². The van der Waals surface area contributed by atoms with E-state index in [1.807, 2.05) is 54.6 Å². The number of carbonyl (C=O) groups excluding carboxylic acids is 1. The largest absolute Gasteiger partial charge is 0.320 e. The first-order valence-corrected chi connectivity index (χ1v) is 9.52. The number of hydrogen-bond donors (Lipinski definition) is 1.